The predicted octanol–water partition coefficient (Wildman–Crippen LogP) is 4.43. The van der Waals surface area contributed by atoms with Crippen LogP contribution in [-0.2, 0) is 6.54 Å². The van der Waals surface area contributed by atoms with Crippen LogP contribution in [-0.4, -0.2) is 66.4 Å². The van der Waals surface area contributed by atoms with Crippen molar-refractivity contribution in [1.82, 2.24) is 15.1 Å². The van der Waals surface area contributed by atoms with E-state index in [1.54, 1.807) is 41.1 Å². The van der Waals surface area contributed by atoms with E-state index < -0.39 is 5.91 Å². The number of piperazine rings is 1. The molecule has 38 heavy (non-hydrogen) atoms. The van der Waals surface area contributed by atoms with Gasteiger partial charge in [-0.25, -0.2) is 4.79 Å². The Bertz CT molecular complexity index is 1260. The molecule has 0 bridgehead atoms. The Kier molecular flexibility index (Phi) is 8.05. The van der Waals surface area contributed by atoms with E-state index in [-0.39, 0.29) is 23.2 Å². The summed E-state index contributed by atoms with van der Waals surface area (Å²) in [5.41, 5.74) is 2.45. The molecular formula is C29H35N5O4. The van der Waals surface area contributed by atoms with Gasteiger partial charge in [0.15, 0.2) is 5.76 Å². The number of amides is 4. The van der Waals surface area contributed by atoms with Gasteiger partial charge in [-0.3, -0.25) is 9.59 Å². The van der Waals surface area contributed by atoms with Gasteiger partial charge >= 0.3 is 6.03 Å². The fourth-order valence-electron chi connectivity index (χ4n) is 4.35. The maximum atomic E-state index is 13.7. The van der Waals surface area contributed by atoms with Crippen LogP contribution in [0.3, 0.4) is 0 Å². The molecule has 4 amide bonds. The Balaban J connectivity index is 1.55. The molecule has 0 aliphatic carbocycles. The Hall–Kier alpha value is -4.27. The number of nitrogens with zero attached hydrogens (tertiary/aromatic N) is 3. The Morgan fingerprint density at radius 2 is 1.66 bits per heavy atom. The molecule has 9 nitrogen and oxygen atoms in total. The highest BCUT2D eigenvalue weighted by Crippen LogP contribution is 2.28. The van der Waals surface area contributed by atoms with Gasteiger partial charge in [-0.1, -0.05) is 30.3 Å². The van der Waals surface area contributed by atoms with Crippen LogP contribution in [0.5, 0.6) is 0 Å². The lowest BCUT2D eigenvalue weighted by Gasteiger charge is -2.38. The number of benzene rings is 2. The van der Waals surface area contributed by atoms with Gasteiger partial charge in [0.25, 0.3) is 11.8 Å². The lowest BCUT2D eigenvalue weighted by Crippen LogP contribution is -2.55. The summed E-state index contributed by atoms with van der Waals surface area (Å²) in [5, 5.41) is 5.83. The minimum absolute atomic E-state index is 0.0907. The molecular weight excluding hydrogens is 482 g/mol. The second-order valence-corrected chi connectivity index (χ2v) is 10.5. The van der Waals surface area contributed by atoms with E-state index in [4.69, 9.17) is 4.42 Å². The number of rotatable bonds is 6. The summed E-state index contributed by atoms with van der Waals surface area (Å²) < 4.78 is 5.20. The van der Waals surface area contributed by atoms with E-state index in [1.165, 1.54) is 6.26 Å². The molecule has 1 fully saturated rings. The minimum Gasteiger partial charge on any atom is -0.459 e. The molecule has 2 aromatic carbocycles. The second kappa shape index (κ2) is 11.4. The van der Waals surface area contributed by atoms with E-state index in [2.05, 4.69) is 15.5 Å². The van der Waals surface area contributed by atoms with Gasteiger partial charge in [-0.2, -0.15) is 0 Å². The molecule has 0 saturated carbocycles. The summed E-state index contributed by atoms with van der Waals surface area (Å²) in [7, 11) is 1.77. The molecule has 0 unspecified atom stereocenters. The molecule has 2 N–H and O–H groups in total. The molecule has 2 heterocycles. The lowest BCUT2D eigenvalue weighted by atomic mass is 10.1. The van der Waals surface area contributed by atoms with Gasteiger partial charge in [-0.05, 0) is 56.7 Å². The lowest BCUT2D eigenvalue weighted by molar-refractivity contribution is 0.0785. The number of urea groups is 1. The van der Waals surface area contributed by atoms with Crippen molar-refractivity contribution < 1.29 is 18.8 Å². The van der Waals surface area contributed by atoms with Crippen LogP contribution in [0.4, 0.5) is 16.2 Å². The third kappa shape index (κ3) is 6.73. The number of furan rings is 1. The summed E-state index contributed by atoms with van der Waals surface area (Å²) >= 11 is 0. The minimum atomic E-state index is -0.391. The zero-order valence-electron chi connectivity index (χ0n) is 22.4. The molecule has 3 aromatic rings. The van der Waals surface area contributed by atoms with E-state index in [0.717, 1.165) is 11.3 Å². The number of anilines is 2. The second-order valence-electron chi connectivity index (χ2n) is 10.5. The monoisotopic (exact) mass is 517 g/mol. The van der Waals surface area contributed by atoms with Crippen LogP contribution in [0.15, 0.2) is 71.3 Å². The summed E-state index contributed by atoms with van der Waals surface area (Å²) in [4.78, 5) is 44.5. The fourth-order valence-corrected chi connectivity index (χ4v) is 4.35. The summed E-state index contributed by atoms with van der Waals surface area (Å²) in [6.07, 6.45) is 1.44. The summed E-state index contributed by atoms with van der Waals surface area (Å²) in [6.45, 7) is 8.55. The van der Waals surface area contributed by atoms with Crippen molar-refractivity contribution in [1.29, 1.82) is 0 Å². The van der Waals surface area contributed by atoms with Crippen LogP contribution >= 0.6 is 0 Å². The topological polar surface area (TPSA) is 98.1 Å². The van der Waals surface area contributed by atoms with Crippen LogP contribution in [0.2, 0.25) is 0 Å². The van der Waals surface area contributed by atoms with E-state index in [0.29, 0.717) is 44.0 Å². The standard InChI is InChI=1S/C29H35N5O4/c1-29(2,3)31-28(37)34-16-14-33(15-17-34)24-13-12-22(30-26(35)25-11-8-18-38-25)19-23(24)27(36)32(4)20-21-9-6-5-7-10-21/h5-13,18-19H,14-17,20H2,1-4H3,(H,30,35)(H,31,37). The van der Waals surface area contributed by atoms with Crippen LogP contribution in [0.25, 0.3) is 0 Å². The van der Waals surface area contributed by atoms with Gasteiger partial charge in [0.05, 0.1) is 11.8 Å². The van der Waals surface area contributed by atoms with Gasteiger partial charge in [0.2, 0.25) is 0 Å². The molecule has 1 aliphatic rings. The molecule has 1 aromatic heterocycles. The van der Waals surface area contributed by atoms with Crippen LogP contribution in [0, 0.1) is 0 Å². The van der Waals surface area contributed by atoms with E-state index in [1.807, 2.05) is 57.2 Å². The quantitative estimate of drug-likeness (QED) is 0.504. The maximum Gasteiger partial charge on any atom is 0.317 e. The first-order valence-corrected chi connectivity index (χ1v) is 12.7. The van der Waals surface area contributed by atoms with Gasteiger partial charge in [-0.15, -0.1) is 0 Å². The number of carbonyl (C=O) groups is 3. The van der Waals surface area contributed by atoms with Crippen molar-refractivity contribution in [2.75, 3.05) is 43.4 Å². The van der Waals surface area contributed by atoms with Crippen molar-refractivity contribution in [2.45, 2.75) is 32.9 Å². The largest absolute Gasteiger partial charge is 0.459 e. The van der Waals surface area contributed by atoms with E-state index in [9.17, 15) is 14.4 Å². The molecule has 1 saturated heterocycles. The first-order chi connectivity index (χ1) is 18.1. The summed E-state index contributed by atoms with van der Waals surface area (Å²) in [5.74, 6) is -0.365. The van der Waals surface area contributed by atoms with Gasteiger partial charge in [0, 0.05) is 56.7 Å². The highest BCUT2D eigenvalue weighted by atomic mass is 16.3. The zero-order valence-corrected chi connectivity index (χ0v) is 22.4. The maximum absolute atomic E-state index is 13.7. The van der Waals surface area contributed by atoms with Crippen LogP contribution < -0.4 is 15.5 Å². The zero-order chi connectivity index (χ0) is 27.3. The van der Waals surface area contributed by atoms with E-state index >= 15 is 0 Å². The third-order valence-corrected chi connectivity index (χ3v) is 6.23. The highest BCUT2D eigenvalue weighted by Gasteiger charge is 2.27. The molecule has 0 spiro atoms. The Labute approximate surface area is 223 Å². The van der Waals surface area contributed by atoms with Crippen LogP contribution in [0.1, 0.15) is 47.2 Å². The SMILES string of the molecule is CN(Cc1ccccc1)C(=O)c1cc(NC(=O)c2ccco2)ccc1N1CCN(C(=O)NC(C)(C)C)CC1. The molecule has 200 valence electrons. The van der Waals surface area contributed by atoms with Crippen molar-refractivity contribution in [3.8, 4) is 0 Å². The Morgan fingerprint density at radius 3 is 2.29 bits per heavy atom. The molecule has 0 atom stereocenters. The first kappa shape index (κ1) is 26.8. The Morgan fingerprint density at radius 1 is 0.947 bits per heavy atom. The average molecular weight is 518 g/mol. The first-order valence-electron chi connectivity index (χ1n) is 12.7. The number of hydrogen-bond donors (Lipinski definition) is 2. The average Bonchev–Trinajstić information content (AvgIpc) is 3.43. The third-order valence-electron chi connectivity index (χ3n) is 6.23. The smallest absolute Gasteiger partial charge is 0.317 e. The van der Waals surface area contributed by atoms with Gasteiger partial charge < -0.3 is 29.8 Å². The molecule has 9 heteroatoms. The summed E-state index contributed by atoms with van der Waals surface area (Å²) in [6, 6.07) is 18.3. The van der Waals surface area contributed by atoms with Crippen molar-refractivity contribution in [3.63, 3.8) is 0 Å². The fraction of sp³-hybridized carbons (Fsp3) is 0.345. The molecule has 0 radical (unpaired) electrons. The molecule has 1 aliphatic heterocycles. The number of carbonyl (C=O) groups excluding carboxylic acids is 3. The highest BCUT2D eigenvalue weighted by molar-refractivity contribution is 6.05. The van der Waals surface area contributed by atoms with Gasteiger partial charge in [0.1, 0.15) is 0 Å². The van der Waals surface area contributed by atoms with Crippen molar-refractivity contribution in [2.24, 2.45) is 0 Å². The van der Waals surface area contributed by atoms with Crippen molar-refractivity contribution in [3.05, 3.63) is 83.8 Å². The molecule has 4 rings (SSSR count). The number of nitrogens with one attached hydrogen (secondary N) is 2. The number of hydrogen-bond acceptors (Lipinski definition) is 5. The normalized spacial score (nSPS) is 13.7. The van der Waals surface area contributed by atoms with Crippen molar-refractivity contribution >= 4 is 29.2 Å². The predicted molar refractivity (Wildman–Crippen MR) is 147 cm³/mol.